The van der Waals surface area contributed by atoms with E-state index in [2.05, 4.69) is 6.92 Å². The third kappa shape index (κ3) is 1.38. The van der Waals surface area contributed by atoms with Crippen molar-refractivity contribution in [3.05, 3.63) is 0 Å². The molecule has 2 nitrogen and oxygen atoms in total. The molecule has 0 saturated carbocycles. The van der Waals surface area contributed by atoms with E-state index >= 15 is 0 Å². The van der Waals surface area contributed by atoms with E-state index in [1.165, 1.54) is 12.5 Å². The van der Waals surface area contributed by atoms with E-state index in [0.717, 1.165) is 0 Å². The van der Waals surface area contributed by atoms with Gasteiger partial charge in [-0.2, -0.15) is 0 Å². The smallest absolute Gasteiger partial charge is 0.303 e. The molecule has 0 radical (unpaired) electrons. The van der Waals surface area contributed by atoms with Crippen molar-refractivity contribution in [1.82, 2.24) is 0 Å². The molecule has 4 heteroatoms. The largest absolute Gasteiger partial charge is 0.422 e. The summed E-state index contributed by atoms with van der Waals surface area (Å²) < 4.78 is 10.5. The zero-order valence-electron chi connectivity index (χ0n) is 4.52. The first-order valence-corrected chi connectivity index (χ1v) is 5.58. The van der Waals surface area contributed by atoms with Crippen molar-refractivity contribution in [2.75, 3.05) is 0 Å². The van der Waals surface area contributed by atoms with Gasteiger partial charge in [0.2, 0.25) is 0 Å². The molecule has 42 valence electrons. The molecule has 0 aromatic heterocycles. The molecule has 0 amide bonds. The van der Waals surface area contributed by atoms with Crippen LogP contribution in [0.2, 0.25) is 6.04 Å². The Morgan fingerprint density at radius 3 is 2.43 bits per heavy atom. The van der Waals surface area contributed by atoms with Crippen molar-refractivity contribution in [3.8, 4) is 0 Å². The first kappa shape index (κ1) is 5.49. The van der Waals surface area contributed by atoms with E-state index in [9.17, 15) is 0 Å². The summed E-state index contributed by atoms with van der Waals surface area (Å²) in [5.41, 5.74) is 0. The van der Waals surface area contributed by atoms with Crippen molar-refractivity contribution >= 4 is 19.3 Å². The van der Waals surface area contributed by atoms with Gasteiger partial charge in [0.25, 0.3) is 10.0 Å². The number of hydrogen-bond donors (Lipinski definition) is 0. The molecule has 7 heavy (non-hydrogen) atoms. The van der Waals surface area contributed by atoms with Gasteiger partial charge >= 0.3 is 9.28 Å². The predicted molar refractivity (Wildman–Crippen MR) is 33.0 cm³/mol. The molecule has 1 aliphatic rings. The van der Waals surface area contributed by atoms with Crippen LogP contribution in [-0.4, -0.2) is 19.3 Å². The van der Waals surface area contributed by atoms with Gasteiger partial charge in [0, 0.05) is 0 Å². The maximum atomic E-state index is 5.23. The second-order valence-corrected chi connectivity index (χ2v) is 6.01. The first-order chi connectivity index (χ1) is 3.43. The number of hydrogen-bond acceptors (Lipinski definition) is 2. The third-order valence-corrected chi connectivity index (χ3v) is 6.14. The molecule has 0 aromatic rings. The van der Waals surface area contributed by atoms with Crippen LogP contribution in [0, 0.1) is 0 Å². The SMILES string of the molecule is CCC[SiH]1O[SiH2]O1. The van der Waals surface area contributed by atoms with Gasteiger partial charge in [-0.3, -0.25) is 0 Å². The Morgan fingerprint density at radius 2 is 2.29 bits per heavy atom. The van der Waals surface area contributed by atoms with E-state index in [1.807, 2.05) is 0 Å². The van der Waals surface area contributed by atoms with Crippen LogP contribution in [-0.2, 0) is 8.23 Å². The van der Waals surface area contributed by atoms with Crippen molar-refractivity contribution in [1.29, 1.82) is 0 Å². The Kier molecular flexibility index (Phi) is 2.05. The van der Waals surface area contributed by atoms with Gasteiger partial charge in [0.05, 0.1) is 0 Å². The van der Waals surface area contributed by atoms with Gasteiger partial charge in [0.15, 0.2) is 0 Å². The highest BCUT2D eigenvalue weighted by molar-refractivity contribution is 6.64. The Morgan fingerprint density at radius 1 is 1.57 bits per heavy atom. The van der Waals surface area contributed by atoms with Gasteiger partial charge < -0.3 is 8.23 Å². The lowest BCUT2D eigenvalue weighted by molar-refractivity contribution is 0.310. The Hall–Kier alpha value is 0.354. The molecule has 0 atom stereocenters. The average Bonchev–Trinajstić information content (AvgIpc) is 1.55. The summed E-state index contributed by atoms with van der Waals surface area (Å²) in [4.78, 5) is 0. The number of rotatable bonds is 2. The molecule has 1 fully saturated rings. The fourth-order valence-electron chi connectivity index (χ4n) is 0.567. The highest BCUT2D eigenvalue weighted by Gasteiger charge is 2.19. The van der Waals surface area contributed by atoms with Crippen molar-refractivity contribution < 1.29 is 8.23 Å². The van der Waals surface area contributed by atoms with Gasteiger partial charge in [-0.05, 0) is 6.04 Å². The highest BCUT2D eigenvalue weighted by atomic mass is 28.4. The highest BCUT2D eigenvalue weighted by Crippen LogP contribution is 2.06. The second-order valence-electron chi connectivity index (χ2n) is 1.67. The van der Waals surface area contributed by atoms with Crippen LogP contribution in [0.5, 0.6) is 0 Å². The molecule has 0 spiro atoms. The fraction of sp³-hybridized carbons (Fsp3) is 1.00. The summed E-state index contributed by atoms with van der Waals surface area (Å²) >= 11 is 0. The predicted octanol–water partition coefficient (Wildman–Crippen LogP) is -0.338. The monoisotopic (exact) mass is 134 g/mol. The molecule has 0 aromatic carbocycles. The average molecular weight is 134 g/mol. The van der Waals surface area contributed by atoms with E-state index in [4.69, 9.17) is 8.23 Å². The summed E-state index contributed by atoms with van der Waals surface area (Å²) in [5.74, 6) is 0. The van der Waals surface area contributed by atoms with Gasteiger partial charge in [-0.25, -0.2) is 0 Å². The summed E-state index contributed by atoms with van der Waals surface area (Å²) in [6.45, 7) is 2.17. The van der Waals surface area contributed by atoms with Crippen LogP contribution in [0.15, 0.2) is 0 Å². The lowest BCUT2D eigenvalue weighted by Crippen LogP contribution is -2.38. The molecular formula is C3H10O2Si2. The lowest BCUT2D eigenvalue weighted by atomic mass is 10.6. The molecule has 0 aliphatic carbocycles. The second kappa shape index (κ2) is 2.61. The zero-order valence-corrected chi connectivity index (χ0v) is 7.08. The minimum atomic E-state index is -0.939. The molecule has 1 rings (SSSR count). The first-order valence-electron chi connectivity index (χ1n) is 2.66. The Bertz CT molecular complexity index is 54.9. The van der Waals surface area contributed by atoms with Crippen LogP contribution in [0.25, 0.3) is 0 Å². The lowest BCUT2D eigenvalue weighted by Gasteiger charge is -2.24. The van der Waals surface area contributed by atoms with E-state index in [0.29, 0.717) is 0 Å². The standard InChI is InChI=1S/C3H10O2Si2/c1-2-3-7-4-6-5-7/h7H,2-3,6H2,1H3. The third-order valence-electron chi connectivity index (χ3n) is 1.03. The maximum Gasteiger partial charge on any atom is 0.303 e. The van der Waals surface area contributed by atoms with E-state index in [1.54, 1.807) is 0 Å². The molecule has 1 heterocycles. The molecule has 0 N–H and O–H groups in total. The van der Waals surface area contributed by atoms with Gasteiger partial charge in [-0.1, -0.05) is 13.3 Å². The normalized spacial score (nSPS) is 33.0. The Labute approximate surface area is 47.7 Å². The summed E-state index contributed by atoms with van der Waals surface area (Å²) in [6.07, 6.45) is 1.23. The summed E-state index contributed by atoms with van der Waals surface area (Å²) in [7, 11) is -1.34. The summed E-state index contributed by atoms with van der Waals surface area (Å²) in [6, 6.07) is 1.22. The summed E-state index contributed by atoms with van der Waals surface area (Å²) in [5, 5.41) is 0. The maximum absolute atomic E-state index is 5.23. The molecule has 1 aliphatic heterocycles. The fourth-order valence-corrected chi connectivity index (χ4v) is 3.69. The van der Waals surface area contributed by atoms with Crippen LogP contribution in [0.3, 0.4) is 0 Å². The van der Waals surface area contributed by atoms with Crippen LogP contribution >= 0.6 is 0 Å². The van der Waals surface area contributed by atoms with Crippen molar-refractivity contribution in [2.24, 2.45) is 0 Å². The topological polar surface area (TPSA) is 18.5 Å². The van der Waals surface area contributed by atoms with Crippen LogP contribution in [0.4, 0.5) is 0 Å². The molecule has 1 saturated heterocycles. The quantitative estimate of drug-likeness (QED) is 0.481. The van der Waals surface area contributed by atoms with Crippen molar-refractivity contribution in [2.45, 2.75) is 19.4 Å². The van der Waals surface area contributed by atoms with Crippen molar-refractivity contribution in [3.63, 3.8) is 0 Å². The van der Waals surface area contributed by atoms with Crippen LogP contribution < -0.4 is 0 Å². The van der Waals surface area contributed by atoms with Gasteiger partial charge in [0.1, 0.15) is 0 Å². The minimum absolute atomic E-state index is 0.401. The van der Waals surface area contributed by atoms with E-state index in [-0.39, 0.29) is 0 Å². The van der Waals surface area contributed by atoms with Gasteiger partial charge in [-0.15, -0.1) is 0 Å². The molecule has 0 bridgehead atoms. The molecule has 0 unspecified atom stereocenters. The Balaban J connectivity index is 1.93. The van der Waals surface area contributed by atoms with E-state index < -0.39 is 19.3 Å². The molecular weight excluding hydrogens is 124 g/mol. The zero-order chi connectivity index (χ0) is 5.11. The van der Waals surface area contributed by atoms with Crippen LogP contribution in [0.1, 0.15) is 13.3 Å². The minimum Gasteiger partial charge on any atom is -0.422 e.